The molecule has 0 amide bonds. The van der Waals surface area contributed by atoms with Gasteiger partial charge >= 0.3 is 0 Å². The van der Waals surface area contributed by atoms with Crippen LogP contribution in [0, 0.1) is 0 Å². The Balaban J connectivity index is 1.32. The predicted octanol–water partition coefficient (Wildman–Crippen LogP) is 8.56. The maximum absolute atomic E-state index is 6.34. The van der Waals surface area contributed by atoms with E-state index in [0.717, 1.165) is 56.4 Å². The first-order valence-corrected chi connectivity index (χ1v) is 12.5. The summed E-state index contributed by atoms with van der Waals surface area (Å²) >= 11 is 12.5. The molecule has 6 heteroatoms. The van der Waals surface area contributed by atoms with Gasteiger partial charge < -0.3 is 4.98 Å². The van der Waals surface area contributed by atoms with E-state index < -0.39 is 0 Å². The highest BCUT2D eigenvalue weighted by Crippen LogP contribution is 2.37. The molecule has 36 heavy (non-hydrogen) atoms. The summed E-state index contributed by atoms with van der Waals surface area (Å²) in [4.78, 5) is 8.12. The van der Waals surface area contributed by atoms with Gasteiger partial charge in [0, 0.05) is 22.0 Å². The normalized spacial score (nSPS) is 15.7. The van der Waals surface area contributed by atoms with Crippen LogP contribution in [-0.4, -0.2) is 15.7 Å². The lowest BCUT2D eigenvalue weighted by Gasteiger charge is -2.24. The molecule has 4 aromatic carbocycles. The number of hydrogen-bond acceptors (Lipinski definition) is 3. The smallest absolute Gasteiger partial charge is 0.138 e. The van der Waals surface area contributed by atoms with Crippen molar-refractivity contribution >= 4 is 51.7 Å². The number of benzene rings is 4. The molecular formula is C30H22Cl2N4. The number of rotatable bonds is 5. The van der Waals surface area contributed by atoms with Gasteiger partial charge in [0.05, 0.1) is 28.5 Å². The Hall–Kier alpha value is -3.86. The van der Waals surface area contributed by atoms with Gasteiger partial charge in [-0.2, -0.15) is 5.10 Å². The van der Waals surface area contributed by atoms with E-state index >= 15 is 0 Å². The molecule has 0 aliphatic carbocycles. The van der Waals surface area contributed by atoms with E-state index in [1.54, 1.807) is 0 Å². The molecule has 176 valence electrons. The first-order valence-electron chi connectivity index (χ1n) is 11.7. The van der Waals surface area contributed by atoms with Crippen molar-refractivity contribution in [3.05, 3.63) is 124 Å². The van der Waals surface area contributed by atoms with Crippen molar-refractivity contribution in [2.24, 2.45) is 5.10 Å². The Kier molecular flexibility index (Phi) is 6.06. The van der Waals surface area contributed by atoms with E-state index in [-0.39, 0.29) is 6.04 Å². The fourth-order valence-corrected chi connectivity index (χ4v) is 4.91. The summed E-state index contributed by atoms with van der Waals surface area (Å²) in [5.41, 5.74) is 7.17. The number of nitrogens with one attached hydrogen (secondary N) is 1. The second-order valence-electron chi connectivity index (χ2n) is 8.75. The highest BCUT2D eigenvalue weighted by atomic mass is 35.5. The van der Waals surface area contributed by atoms with Crippen molar-refractivity contribution in [3.63, 3.8) is 0 Å². The van der Waals surface area contributed by atoms with Crippen LogP contribution in [0.2, 0.25) is 10.0 Å². The van der Waals surface area contributed by atoms with Crippen molar-refractivity contribution in [2.45, 2.75) is 12.5 Å². The lowest BCUT2D eigenvalue weighted by molar-refractivity contribution is 0.709. The van der Waals surface area contributed by atoms with Crippen LogP contribution in [-0.2, 0) is 0 Å². The molecule has 1 aliphatic rings. The minimum Gasteiger partial charge on any atom is -0.338 e. The van der Waals surface area contributed by atoms with Crippen molar-refractivity contribution in [2.75, 3.05) is 5.01 Å². The van der Waals surface area contributed by atoms with Gasteiger partial charge in [0.1, 0.15) is 5.82 Å². The minimum atomic E-state index is 0.0414. The molecular weight excluding hydrogens is 487 g/mol. The summed E-state index contributed by atoms with van der Waals surface area (Å²) in [6.45, 7) is 0. The number of aromatic nitrogens is 2. The molecule has 0 fully saturated rings. The molecule has 0 bridgehead atoms. The van der Waals surface area contributed by atoms with Gasteiger partial charge in [0.15, 0.2) is 0 Å². The van der Waals surface area contributed by atoms with Crippen molar-refractivity contribution < 1.29 is 0 Å². The van der Waals surface area contributed by atoms with Gasteiger partial charge in [-0.3, -0.25) is 5.01 Å². The number of halogens is 2. The van der Waals surface area contributed by atoms with E-state index in [9.17, 15) is 0 Å². The number of nitrogens with zero attached hydrogens (tertiary/aromatic N) is 3. The van der Waals surface area contributed by atoms with Crippen LogP contribution >= 0.6 is 23.2 Å². The maximum Gasteiger partial charge on any atom is 0.138 e. The largest absolute Gasteiger partial charge is 0.338 e. The Morgan fingerprint density at radius 2 is 1.58 bits per heavy atom. The number of H-pyrrole nitrogens is 1. The molecule has 1 atom stereocenters. The van der Waals surface area contributed by atoms with Gasteiger partial charge in [-0.25, -0.2) is 4.98 Å². The number of para-hydroxylation sites is 2. The molecule has 5 aromatic rings. The van der Waals surface area contributed by atoms with Gasteiger partial charge in [0.2, 0.25) is 0 Å². The maximum atomic E-state index is 6.34. The predicted molar refractivity (Wildman–Crippen MR) is 151 cm³/mol. The SMILES string of the molecule is Clc1cccc(C=CC2=NN(c3ccc(-c4nc5ccccc5[nH]4)cc3)C(c3cccc(Cl)c3)C2)c1. The van der Waals surface area contributed by atoms with E-state index in [2.05, 4.69) is 46.4 Å². The molecule has 1 aliphatic heterocycles. The Labute approximate surface area is 219 Å². The third-order valence-corrected chi connectivity index (χ3v) is 6.75. The number of hydrogen-bond donors (Lipinski definition) is 1. The molecule has 1 unspecified atom stereocenters. The number of imidazole rings is 1. The number of hydrazone groups is 1. The van der Waals surface area contributed by atoms with Crippen LogP contribution in [0.15, 0.2) is 108 Å². The van der Waals surface area contributed by atoms with Gasteiger partial charge in [-0.15, -0.1) is 0 Å². The van der Waals surface area contributed by atoms with Crippen molar-refractivity contribution in [1.82, 2.24) is 9.97 Å². The molecule has 1 aromatic heterocycles. The lowest BCUT2D eigenvalue weighted by atomic mass is 10.0. The third kappa shape index (κ3) is 4.66. The monoisotopic (exact) mass is 508 g/mol. The van der Waals surface area contributed by atoms with E-state index in [0.29, 0.717) is 5.02 Å². The van der Waals surface area contributed by atoms with E-state index in [4.69, 9.17) is 33.3 Å². The topological polar surface area (TPSA) is 44.3 Å². The first kappa shape index (κ1) is 22.6. The zero-order valence-corrected chi connectivity index (χ0v) is 20.8. The fourth-order valence-electron chi connectivity index (χ4n) is 4.51. The number of aromatic amines is 1. The zero-order valence-electron chi connectivity index (χ0n) is 19.3. The van der Waals surface area contributed by atoms with E-state index in [1.165, 1.54) is 0 Å². The average molecular weight is 509 g/mol. The second-order valence-corrected chi connectivity index (χ2v) is 9.62. The molecule has 2 heterocycles. The van der Waals surface area contributed by atoms with Crippen LogP contribution in [0.25, 0.3) is 28.5 Å². The summed E-state index contributed by atoms with van der Waals surface area (Å²) in [5.74, 6) is 0.851. The summed E-state index contributed by atoms with van der Waals surface area (Å²) in [6.07, 6.45) is 4.88. The summed E-state index contributed by atoms with van der Waals surface area (Å²) in [7, 11) is 0. The van der Waals surface area contributed by atoms with Gasteiger partial charge in [-0.1, -0.05) is 65.7 Å². The van der Waals surface area contributed by atoms with Crippen LogP contribution in [0.5, 0.6) is 0 Å². The standard InChI is InChI=1S/C30H22Cl2N4/c31-23-7-3-5-20(17-23)11-14-25-19-29(22-6-4-8-24(32)18-22)36(35-25)26-15-12-21(13-16-26)30-33-27-9-1-2-10-28(27)34-30/h1-18,29H,19H2,(H,33,34). The zero-order chi connectivity index (χ0) is 24.5. The van der Waals surface area contributed by atoms with Crippen LogP contribution in [0.4, 0.5) is 5.69 Å². The van der Waals surface area contributed by atoms with Crippen molar-refractivity contribution in [3.8, 4) is 11.4 Å². The molecule has 4 nitrogen and oxygen atoms in total. The molecule has 0 radical (unpaired) electrons. The van der Waals surface area contributed by atoms with Crippen LogP contribution in [0.1, 0.15) is 23.6 Å². The highest BCUT2D eigenvalue weighted by molar-refractivity contribution is 6.31. The quantitative estimate of drug-likeness (QED) is 0.258. The summed E-state index contributed by atoms with van der Waals surface area (Å²) < 4.78 is 0. The number of fused-ring (bicyclic) bond motifs is 1. The first-order chi connectivity index (χ1) is 17.6. The van der Waals surface area contributed by atoms with Crippen molar-refractivity contribution in [1.29, 1.82) is 0 Å². The highest BCUT2D eigenvalue weighted by Gasteiger charge is 2.28. The lowest BCUT2D eigenvalue weighted by Crippen LogP contribution is -2.18. The Bertz CT molecular complexity index is 1570. The second kappa shape index (κ2) is 9.65. The molecule has 1 N–H and O–H groups in total. The molecule has 6 rings (SSSR count). The molecule has 0 saturated carbocycles. The summed E-state index contributed by atoms with van der Waals surface area (Å²) in [5, 5.41) is 8.49. The van der Waals surface area contributed by atoms with Gasteiger partial charge in [-0.05, 0) is 77.9 Å². The Morgan fingerprint density at radius 3 is 2.36 bits per heavy atom. The number of allylic oxidation sites excluding steroid dienone is 1. The third-order valence-electron chi connectivity index (χ3n) is 6.28. The van der Waals surface area contributed by atoms with Gasteiger partial charge in [0.25, 0.3) is 0 Å². The van der Waals surface area contributed by atoms with Crippen LogP contribution in [0.3, 0.4) is 0 Å². The van der Waals surface area contributed by atoms with Crippen LogP contribution < -0.4 is 5.01 Å². The average Bonchev–Trinajstić information content (AvgIpc) is 3.52. The summed E-state index contributed by atoms with van der Waals surface area (Å²) in [6, 6.07) is 32.2. The fraction of sp³-hybridized carbons (Fsp3) is 0.0667. The number of anilines is 1. The minimum absolute atomic E-state index is 0.0414. The Morgan fingerprint density at radius 1 is 0.806 bits per heavy atom. The van der Waals surface area contributed by atoms with E-state index in [1.807, 2.05) is 72.8 Å². The molecule has 0 saturated heterocycles. The molecule has 0 spiro atoms.